The maximum absolute atomic E-state index is 13.8. The Morgan fingerprint density at radius 2 is 1.89 bits per heavy atom. The summed E-state index contributed by atoms with van der Waals surface area (Å²) >= 11 is 0. The van der Waals surface area contributed by atoms with Crippen LogP contribution in [-0.4, -0.2) is 29.0 Å². The van der Waals surface area contributed by atoms with E-state index in [-0.39, 0.29) is 6.42 Å². The molecule has 0 aromatic heterocycles. The summed E-state index contributed by atoms with van der Waals surface area (Å²) in [4.78, 5) is 11.5. The van der Waals surface area contributed by atoms with Gasteiger partial charge in [0.2, 0.25) is 0 Å². The van der Waals surface area contributed by atoms with Crippen LogP contribution in [-0.2, 0) is 16.0 Å². The topological polar surface area (TPSA) is 46.5 Å². The van der Waals surface area contributed by atoms with Gasteiger partial charge in [-0.1, -0.05) is 30.3 Å². The number of carbonyl (C=O) groups excluding carboxylic acids is 1. The molecule has 3 nitrogen and oxygen atoms in total. The summed E-state index contributed by atoms with van der Waals surface area (Å²) in [6.45, 7) is 5.01. The first-order valence-electron chi connectivity index (χ1n) is 5.88. The molecule has 1 N–H and O–H groups in total. The highest BCUT2D eigenvalue weighted by Crippen LogP contribution is 2.14. The van der Waals surface area contributed by atoms with Gasteiger partial charge in [0.05, 0.1) is 0 Å². The largest absolute Gasteiger partial charge is 0.458 e. The van der Waals surface area contributed by atoms with Crippen LogP contribution in [0.2, 0.25) is 0 Å². The highest BCUT2D eigenvalue weighted by molar-refractivity contribution is 5.75. The number of rotatable bonds is 4. The Hall–Kier alpha value is -1.42. The Morgan fingerprint density at radius 1 is 1.33 bits per heavy atom. The quantitative estimate of drug-likeness (QED) is 0.838. The molecule has 4 heteroatoms. The van der Waals surface area contributed by atoms with Gasteiger partial charge in [-0.3, -0.25) is 0 Å². The van der Waals surface area contributed by atoms with Crippen LogP contribution in [0.3, 0.4) is 0 Å². The second kappa shape index (κ2) is 5.96. The fourth-order valence-corrected chi connectivity index (χ4v) is 1.46. The Labute approximate surface area is 107 Å². The fraction of sp³-hybridized carbons (Fsp3) is 0.500. The smallest absolute Gasteiger partial charge is 0.338 e. The molecular formula is C14H19FO3. The second-order valence-electron chi connectivity index (χ2n) is 5.18. The van der Waals surface area contributed by atoms with Crippen LogP contribution in [0.4, 0.5) is 4.39 Å². The molecule has 18 heavy (non-hydrogen) atoms. The number of esters is 1. The van der Waals surface area contributed by atoms with Gasteiger partial charge in [0.25, 0.3) is 0 Å². The summed E-state index contributed by atoms with van der Waals surface area (Å²) in [6, 6.07) is 8.87. The highest BCUT2D eigenvalue weighted by Gasteiger charge is 2.30. The summed E-state index contributed by atoms with van der Waals surface area (Å²) in [5.41, 5.74) is -0.00235. The van der Waals surface area contributed by atoms with Gasteiger partial charge in [0.15, 0.2) is 6.10 Å². The number of aliphatic hydroxyl groups is 1. The van der Waals surface area contributed by atoms with Crippen molar-refractivity contribution in [1.29, 1.82) is 0 Å². The molecule has 0 amide bonds. The molecule has 0 fully saturated rings. The fourth-order valence-electron chi connectivity index (χ4n) is 1.46. The van der Waals surface area contributed by atoms with E-state index in [0.717, 1.165) is 5.56 Å². The summed E-state index contributed by atoms with van der Waals surface area (Å²) in [5, 5.41) is 9.56. The number of carbonyl (C=O) groups is 1. The minimum absolute atomic E-state index is 0.0126. The Bertz CT molecular complexity index is 384. The van der Waals surface area contributed by atoms with Crippen molar-refractivity contribution < 1.29 is 19.0 Å². The number of alkyl halides is 1. The first kappa shape index (κ1) is 14.6. The number of hydrogen-bond donors (Lipinski definition) is 1. The van der Waals surface area contributed by atoms with Gasteiger partial charge in [-0.25, -0.2) is 9.18 Å². The van der Waals surface area contributed by atoms with E-state index in [2.05, 4.69) is 0 Å². The molecule has 0 aliphatic carbocycles. The van der Waals surface area contributed by atoms with Crippen molar-refractivity contribution in [3.05, 3.63) is 35.9 Å². The van der Waals surface area contributed by atoms with Crippen molar-refractivity contribution in [3.63, 3.8) is 0 Å². The lowest BCUT2D eigenvalue weighted by Crippen LogP contribution is -2.38. The lowest BCUT2D eigenvalue weighted by molar-refractivity contribution is -0.168. The molecule has 0 bridgehead atoms. The second-order valence-corrected chi connectivity index (χ2v) is 5.18. The Morgan fingerprint density at radius 3 is 2.39 bits per heavy atom. The Kier molecular flexibility index (Phi) is 4.84. The summed E-state index contributed by atoms with van der Waals surface area (Å²) in [5.74, 6) is -0.925. The third kappa shape index (κ3) is 4.84. The van der Waals surface area contributed by atoms with Crippen LogP contribution in [0.15, 0.2) is 30.3 Å². The van der Waals surface area contributed by atoms with Crippen LogP contribution in [0.25, 0.3) is 0 Å². The zero-order valence-electron chi connectivity index (χ0n) is 10.9. The molecule has 0 unspecified atom stereocenters. The molecule has 0 heterocycles. The molecule has 0 aliphatic rings. The zero-order valence-corrected chi connectivity index (χ0v) is 10.9. The first-order valence-corrected chi connectivity index (χ1v) is 5.88. The molecule has 0 saturated heterocycles. The van der Waals surface area contributed by atoms with E-state index >= 15 is 0 Å². The van der Waals surface area contributed by atoms with Crippen molar-refractivity contribution >= 4 is 5.97 Å². The van der Waals surface area contributed by atoms with E-state index in [1.165, 1.54) is 0 Å². The lowest BCUT2D eigenvalue weighted by Gasteiger charge is -2.23. The molecule has 1 aromatic carbocycles. The lowest BCUT2D eigenvalue weighted by atomic mass is 10.0. The van der Waals surface area contributed by atoms with E-state index in [1.54, 1.807) is 45.0 Å². The standard InChI is InChI=1S/C14H19FO3/c1-14(2,3)18-13(17)12(16)11(15)9-10-7-5-4-6-8-10/h4-8,11-12,16H,9H2,1-3H3/t11-,12-/m1/s1. The Balaban J connectivity index is 2.56. The zero-order chi connectivity index (χ0) is 13.8. The molecule has 0 aliphatic heterocycles. The SMILES string of the molecule is CC(C)(C)OC(=O)[C@H](O)[C@H](F)Cc1ccccc1. The first-order chi connectivity index (χ1) is 8.29. The normalized spacial score (nSPS) is 14.9. The van der Waals surface area contributed by atoms with Crippen LogP contribution < -0.4 is 0 Å². The number of benzene rings is 1. The minimum atomic E-state index is -1.75. The molecular weight excluding hydrogens is 235 g/mol. The number of hydrogen-bond acceptors (Lipinski definition) is 3. The maximum Gasteiger partial charge on any atom is 0.338 e. The summed E-state index contributed by atoms with van der Waals surface area (Å²) in [6.07, 6.45) is -3.42. The highest BCUT2D eigenvalue weighted by atomic mass is 19.1. The predicted octanol–water partition coefficient (Wildman–Crippen LogP) is 2.27. The molecule has 1 rings (SSSR count). The van der Waals surface area contributed by atoms with E-state index in [9.17, 15) is 14.3 Å². The molecule has 1 aromatic rings. The number of ether oxygens (including phenoxy) is 1. The van der Waals surface area contributed by atoms with E-state index < -0.39 is 23.8 Å². The van der Waals surface area contributed by atoms with Gasteiger partial charge in [0, 0.05) is 6.42 Å². The van der Waals surface area contributed by atoms with Crippen LogP contribution in [0.5, 0.6) is 0 Å². The number of aliphatic hydroxyl groups excluding tert-OH is 1. The van der Waals surface area contributed by atoms with Crippen molar-refractivity contribution in [2.24, 2.45) is 0 Å². The minimum Gasteiger partial charge on any atom is -0.458 e. The van der Waals surface area contributed by atoms with Gasteiger partial charge in [-0.05, 0) is 26.3 Å². The third-order valence-electron chi connectivity index (χ3n) is 2.26. The van der Waals surface area contributed by atoms with E-state index in [0.29, 0.717) is 0 Å². The summed E-state index contributed by atoms with van der Waals surface area (Å²) in [7, 11) is 0. The third-order valence-corrected chi connectivity index (χ3v) is 2.26. The van der Waals surface area contributed by atoms with Gasteiger partial charge in [-0.2, -0.15) is 0 Å². The van der Waals surface area contributed by atoms with Crippen LogP contribution in [0, 0.1) is 0 Å². The monoisotopic (exact) mass is 254 g/mol. The van der Waals surface area contributed by atoms with E-state index in [4.69, 9.17) is 4.74 Å². The average molecular weight is 254 g/mol. The molecule has 0 saturated carbocycles. The molecule has 0 radical (unpaired) electrons. The average Bonchev–Trinajstić information content (AvgIpc) is 2.27. The maximum atomic E-state index is 13.8. The van der Waals surface area contributed by atoms with Gasteiger partial charge >= 0.3 is 5.97 Å². The van der Waals surface area contributed by atoms with Crippen molar-refractivity contribution in [1.82, 2.24) is 0 Å². The van der Waals surface area contributed by atoms with Crippen LogP contribution in [0.1, 0.15) is 26.3 Å². The van der Waals surface area contributed by atoms with Crippen molar-refractivity contribution in [2.45, 2.75) is 45.1 Å². The van der Waals surface area contributed by atoms with E-state index in [1.807, 2.05) is 6.07 Å². The molecule has 2 atom stereocenters. The number of halogens is 1. The predicted molar refractivity (Wildman–Crippen MR) is 66.9 cm³/mol. The van der Waals surface area contributed by atoms with Crippen molar-refractivity contribution in [2.75, 3.05) is 0 Å². The van der Waals surface area contributed by atoms with Crippen molar-refractivity contribution in [3.8, 4) is 0 Å². The molecule has 0 spiro atoms. The van der Waals surface area contributed by atoms with Crippen LogP contribution >= 0.6 is 0 Å². The van der Waals surface area contributed by atoms with Gasteiger partial charge in [-0.15, -0.1) is 0 Å². The van der Waals surface area contributed by atoms with Gasteiger partial charge < -0.3 is 9.84 Å². The summed E-state index contributed by atoms with van der Waals surface area (Å²) < 4.78 is 18.7. The molecule has 100 valence electrons. The van der Waals surface area contributed by atoms with Gasteiger partial charge in [0.1, 0.15) is 11.8 Å².